The smallest absolute Gasteiger partial charge is 0.308 e. The molecule has 2 N–H and O–H groups in total. The Balaban J connectivity index is 1.36. The number of piperidine rings is 1. The van der Waals surface area contributed by atoms with Gasteiger partial charge in [0, 0.05) is 43.7 Å². The van der Waals surface area contributed by atoms with Gasteiger partial charge in [-0.05, 0) is 43.4 Å². The number of esters is 1. The summed E-state index contributed by atoms with van der Waals surface area (Å²) in [4.78, 5) is 36.4. The summed E-state index contributed by atoms with van der Waals surface area (Å²) < 4.78 is 21.4. The van der Waals surface area contributed by atoms with Gasteiger partial charge in [0.15, 0.2) is 11.5 Å². The number of ether oxygens (including phenoxy) is 4. The Hall–Kier alpha value is -4.54. The van der Waals surface area contributed by atoms with Crippen molar-refractivity contribution in [2.24, 2.45) is 11.8 Å². The number of rotatable bonds is 13. The van der Waals surface area contributed by atoms with Crippen LogP contribution in [0.4, 0.5) is 17.5 Å². The third kappa shape index (κ3) is 8.27. The Morgan fingerprint density at radius 2 is 1.79 bits per heavy atom. The second-order valence-electron chi connectivity index (χ2n) is 10.5. The summed E-state index contributed by atoms with van der Waals surface area (Å²) in [6.45, 7) is 5.83. The van der Waals surface area contributed by atoms with Crippen LogP contribution in [0.2, 0.25) is 0 Å². The summed E-state index contributed by atoms with van der Waals surface area (Å²) in [5.41, 5.74) is 2.71. The van der Waals surface area contributed by atoms with Crippen LogP contribution in [0.5, 0.6) is 17.2 Å². The van der Waals surface area contributed by atoms with Crippen molar-refractivity contribution in [2.75, 3.05) is 51.2 Å². The van der Waals surface area contributed by atoms with E-state index in [2.05, 4.69) is 20.5 Å². The number of anilines is 3. The number of amides is 1. The largest absolute Gasteiger partial charge is 0.493 e. The zero-order valence-electron chi connectivity index (χ0n) is 25.5. The molecule has 4 rings (SSSR count). The van der Waals surface area contributed by atoms with E-state index in [1.165, 1.54) is 0 Å². The minimum atomic E-state index is -0.225. The lowest BCUT2D eigenvalue weighted by molar-refractivity contribution is -0.147. The average Bonchev–Trinajstić information content (AvgIpc) is 3.03. The summed E-state index contributed by atoms with van der Waals surface area (Å²) in [7, 11) is 4.68. The molecule has 2 aromatic carbocycles. The highest BCUT2D eigenvalue weighted by Crippen LogP contribution is 2.40. The molecule has 1 aliphatic rings. The highest BCUT2D eigenvalue weighted by atomic mass is 16.5. The van der Waals surface area contributed by atoms with Crippen LogP contribution in [-0.2, 0) is 27.3 Å². The van der Waals surface area contributed by atoms with Crippen LogP contribution in [0.3, 0.4) is 0 Å². The Labute approximate surface area is 252 Å². The number of nitrogens with one attached hydrogen (secondary N) is 2. The lowest BCUT2D eigenvalue weighted by Gasteiger charge is -2.33. The zero-order chi connectivity index (χ0) is 30.8. The van der Waals surface area contributed by atoms with Gasteiger partial charge in [-0.25, -0.2) is 4.98 Å². The predicted molar refractivity (Wildman–Crippen MR) is 164 cm³/mol. The van der Waals surface area contributed by atoms with E-state index >= 15 is 0 Å². The van der Waals surface area contributed by atoms with Crippen molar-refractivity contribution in [3.05, 3.63) is 59.8 Å². The molecule has 230 valence electrons. The fourth-order valence-electron chi connectivity index (χ4n) is 5.19. The lowest BCUT2D eigenvalue weighted by Crippen LogP contribution is -2.43. The molecule has 1 saturated heterocycles. The van der Waals surface area contributed by atoms with Gasteiger partial charge in [-0.2, -0.15) is 4.98 Å². The molecule has 11 nitrogen and oxygen atoms in total. The molecular formula is C32H41N5O6. The summed E-state index contributed by atoms with van der Waals surface area (Å²) in [5.74, 6) is 2.11. The van der Waals surface area contributed by atoms with Crippen molar-refractivity contribution in [3.63, 3.8) is 0 Å². The van der Waals surface area contributed by atoms with Crippen molar-refractivity contribution in [2.45, 2.75) is 39.7 Å². The van der Waals surface area contributed by atoms with Gasteiger partial charge < -0.3 is 34.5 Å². The number of carbonyl (C=O) groups is 2. The predicted octanol–water partition coefficient (Wildman–Crippen LogP) is 4.52. The van der Waals surface area contributed by atoms with Gasteiger partial charge in [0.2, 0.25) is 17.6 Å². The quantitative estimate of drug-likeness (QED) is 0.274. The molecule has 11 heteroatoms. The minimum Gasteiger partial charge on any atom is -0.493 e. The second-order valence-corrected chi connectivity index (χ2v) is 10.5. The van der Waals surface area contributed by atoms with Gasteiger partial charge >= 0.3 is 5.97 Å². The zero-order valence-corrected chi connectivity index (χ0v) is 25.5. The van der Waals surface area contributed by atoms with Crippen LogP contribution >= 0.6 is 0 Å². The Kier molecular flexibility index (Phi) is 11.0. The number of hydrogen-bond donors (Lipinski definition) is 2. The molecule has 0 bridgehead atoms. The number of hydrogen-bond acceptors (Lipinski definition) is 10. The molecular weight excluding hydrogens is 550 g/mol. The van der Waals surface area contributed by atoms with E-state index in [0.717, 1.165) is 36.3 Å². The molecule has 43 heavy (non-hydrogen) atoms. The summed E-state index contributed by atoms with van der Waals surface area (Å²) in [6, 6.07) is 13.4. The molecule has 0 radical (unpaired) electrons. The van der Waals surface area contributed by atoms with Crippen molar-refractivity contribution >= 4 is 29.3 Å². The van der Waals surface area contributed by atoms with Gasteiger partial charge in [-0.3, -0.25) is 9.59 Å². The minimum absolute atomic E-state index is 0.0137. The number of aromatic nitrogens is 2. The molecule has 1 amide bonds. The molecule has 2 atom stereocenters. The van der Waals surface area contributed by atoms with Gasteiger partial charge in [0.25, 0.3) is 0 Å². The van der Waals surface area contributed by atoms with Crippen LogP contribution in [0.15, 0.2) is 48.7 Å². The molecule has 0 saturated carbocycles. The Morgan fingerprint density at radius 1 is 1.05 bits per heavy atom. The third-order valence-corrected chi connectivity index (χ3v) is 7.37. The van der Waals surface area contributed by atoms with Gasteiger partial charge in [-0.1, -0.05) is 31.2 Å². The molecule has 1 fully saturated rings. The van der Waals surface area contributed by atoms with E-state index in [0.29, 0.717) is 55.0 Å². The van der Waals surface area contributed by atoms with Gasteiger partial charge in [0.05, 0.1) is 39.8 Å². The molecule has 2 heterocycles. The standard InChI is InChI=1S/C32H41N5O6/c1-6-43-31(39)21(2)15-22-9-7-10-23(16-22)19-34-30(38)24-11-8-14-37(20-24)28-12-13-33-32(36-28)35-25-17-26(40-3)29(42-5)27(18-25)41-4/h7,9-10,12-13,16-18,21,24H,6,8,11,14-15,19-20H2,1-5H3,(H,34,38)(H,33,35,36). The number of carbonyl (C=O) groups excluding carboxylic acids is 2. The monoisotopic (exact) mass is 591 g/mol. The van der Waals surface area contributed by atoms with E-state index < -0.39 is 0 Å². The van der Waals surface area contributed by atoms with Crippen molar-refractivity contribution < 1.29 is 28.5 Å². The van der Waals surface area contributed by atoms with Crippen LogP contribution in [0.1, 0.15) is 37.8 Å². The molecule has 0 spiro atoms. The highest BCUT2D eigenvalue weighted by molar-refractivity contribution is 5.79. The van der Waals surface area contributed by atoms with Crippen LogP contribution in [-0.4, -0.2) is 62.9 Å². The second kappa shape index (κ2) is 15.1. The third-order valence-electron chi connectivity index (χ3n) is 7.37. The molecule has 0 aliphatic carbocycles. The maximum atomic E-state index is 13.2. The fourth-order valence-corrected chi connectivity index (χ4v) is 5.19. The van der Waals surface area contributed by atoms with Crippen molar-refractivity contribution in [1.29, 1.82) is 0 Å². The Morgan fingerprint density at radius 3 is 2.49 bits per heavy atom. The van der Waals surface area contributed by atoms with E-state index in [-0.39, 0.29) is 23.7 Å². The first-order chi connectivity index (χ1) is 20.8. The van der Waals surface area contributed by atoms with E-state index in [1.54, 1.807) is 46.6 Å². The maximum absolute atomic E-state index is 13.2. The van der Waals surface area contributed by atoms with E-state index in [1.807, 2.05) is 37.3 Å². The van der Waals surface area contributed by atoms with Crippen LogP contribution in [0.25, 0.3) is 0 Å². The molecule has 3 aromatic rings. The highest BCUT2D eigenvalue weighted by Gasteiger charge is 2.27. The first kappa shape index (κ1) is 31.4. The van der Waals surface area contributed by atoms with E-state index in [9.17, 15) is 9.59 Å². The normalized spacial score (nSPS) is 15.3. The van der Waals surface area contributed by atoms with Gasteiger partial charge in [0.1, 0.15) is 5.82 Å². The number of nitrogens with zero attached hydrogens (tertiary/aromatic N) is 3. The topological polar surface area (TPSA) is 124 Å². The Bertz CT molecular complexity index is 1380. The van der Waals surface area contributed by atoms with Crippen molar-refractivity contribution in [3.8, 4) is 17.2 Å². The summed E-state index contributed by atoms with van der Waals surface area (Å²) >= 11 is 0. The fraction of sp³-hybridized carbons (Fsp3) is 0.438. The SMILES string of the molecule is CCOC(=O)C(C)Cc1cccc(CNC(=O)C2CCCN(c3ccnc(Nc4cc(OC)c(OC)c(OC)c4)n3)C2)c1. The summed E-state index contributed by atoms with van der Waals surface area (Å²) in [5, 5.41) is 6.32. The first-order valence-electron chi connectivity index (χ1n) is 14.5. The summed E-state index contributed by atoms with van der Waals surface area (Å²) in [6.07, 6.45) is 3.97. The van der Waals surface area contributed by atoms with Crippen LogP contribution < -0.4 is 29.7 Å². The molecule has 1 aliphatic heterocycles. The van der Waals surface area contributed by atoms with E-state index in [4.69, 9.17) is 23.9 Å². The van der Waals surface area contributed by atoms with Gasteiger partial charge in [-0.15, -0.1) is 0 Å². The maximum Gasteiger partial charge on any atom is 0.308 e. The average molecular weight is 592 g/mol. The molecule has 2 unspecified atom stereocenters. The van der Waals surface area contributed by atoms with Crippen molar-refractivity contribution in [1.82, 2.24) is 15.3 Å². The number of methoxy groups -OCH3 is 3. The number of benzene rings is 2. The molecule has 1 aromatic heterocycles. The first-order valence-corrected chi connectivity index (χ1v) is 14.5. The lowest BCUT2D eigenvalue weighted by atomic mass is 9.96. The van der Waals surface area contributed by atoms with Crippen LogP contribution in [0, 0.1) is 11.8 Å².